The summed E-state index contributed by atoms with van der Waals surface area (Å²) in [7, 11) is 0. The van der Waals surface area contributed by atoms with Crippen molar-refractivity contribution in [2.24, 2.45) is 29.6 Å². The minimum absolute atomic E-state index is 0.0679. The number of carbonyl (C=O) groups excluding carboxylic acids is 2. The third kappa shape index (κ3) is 5.01. The van der Waals surface area contributed by atoms with Gasteiger partial charge in [-0.25, -0.2) is 9.18 Å². The third-order valence-electron chi connectivity index (χ3n) is 8.18. The molecule has 3 aliphatic rings. The average molecular weight is 493 g/mol. The lowest BCUT2D eigenvalue weighted by atomic mass is 9.57. The highest BCUT2D eigenvalue weighted by Crippen LogP contribution is 2.53. The fourth-order valence-electron chi connectivity index (χ4n) is 6.64. The average Bonchev–Trinajstić information content (AvgIpc) is 3.15. The van der Waals surface area contributed by atoms with Gasteiger partial charge < -0.3 is 14.8 Å². The number of alkyl carbamates (subject to hydrolysis) is 1. The van der Waals surface area contributed by atoms with Crippen molar-refractivity contribution in [2.45, 2.75) is 51.7 Å². The van der Waals surface area contributed by atoms with Gasteiger partial charge in [-0.1, -0.05) is 24.3 Å². The maximum absolute atomic E-state index is 13.6. The molecule has 0 spiro atoms. The van der Waals surface area contributed by atoms with Crippen LogP contribution in [-0.4, -0.2) is 35.8 Å². The zero-order chi connectivity index (χ0) is 25.2. The highest BCUT2D eigenvalue weighted by molar-refractivity contribution is 5.75. The van der Waals surface area contributed by atoms with E-state index >= 15 is 0 Å². The topological polar surface area (TPSA) is 77.5 Å². The van der Waals surface area contributed by atoms with Gasteiger partial charge in [-0.15, -0.1) is 0 Å². The number of carbonyl (C=O) groups is 2. The SMILES string of the molecule is CCOC(=O)N[C@@H]1CC[C@@H]2[C@@H](C1)C[C@@H]1C(=O)O[C@@H](C)[C@@H]1[C@H]2C=Cc1ccc(-c2cccc(F)c2)cn1. The number of cyclic esters (lactones) is 1. The van der Waals surface area contributed by atoms with Gasteiger partial charge in [0.25, 0.3) is 0 Å². The van der Waals surface area contributed by atoms with E-state index in [9.17, 15) is 14.0 Å². The Labute approximate surface area is 211 Å². The van der Waals surface area contributed by atoms with Gasteiger partial charge in [0.05, 0.1) is 18.2 Å². The van der Waals surface area contributed by atoms with Crippen molar-refractivity contribution in [3.05, 3.63) is 60.2 Å². The molecule has 1 aromatic carbocycles. The van der Waals surface area contributed by atoms with E-state index in [-0.39, 0.29) is 47.8 Å². The van der Waals surface area contributed by atoms with E-state index < -0.39 is 0 Å². The van der Waals surface area contributed by atoms with Crippen molar-refractivity contribution < 1.29 is 23.5 Å². The van der Waals surface area contributed by atoms with E-state index in [0.29, 0.717) is 18.4 Å². The Morgan fingerprint density at radius 3 is 2.83 bits per heavy atom. The second kappa shape index (κ2) is 10.4. The number of allylic oxidation sites excluding steroid dienone is 1. The van der Waals surface area contributed by atoms with Crippen LogP contribution in [-0.2, 0) is 14.3 Å². The molecule has 1 N–H and O–H groups in total. The zero-order valence-corrected chi connectivity index (χ0v) is 20.7. The molecule has 2 heterocycles. The van der Waals surface area contributed by atoms with Gasteiger partial charge >= 0.3 is 12.1 Å². The lowest BCUT2D eigenvalue weighted by molar-refractivity contribution is -0.144. The number of ether oxygens (including phenoxy) is 2. The molecule has 7 heteroatoms. The van der Waals surface area contributed by atoms with Gasteiger partial charge in [0, 0.05) is 23.7 Å². The lowest BCUT2D eigenvalue weighted by Crippen LogP contribution is -2.48. The molecule has 2 aromatic rings. The number of rotatable bonds is 5. The van der Waals surface area contributed by atoms with E-state index in [1.54, 1.807) is 19.2 Å². The Morgan fingerprint density at radius 2 is 2.08 bits per heavy atom. The van der Waals surface area contributed by atoms with Crippen LogP contribution in [0.1, 0.15) is 45.2 Å². The van der Waals surface area contributed by atoms with Crippen LogP contribution in [0.2, 0.25) is 0 Å². The Balaban J connectivity index is 1.34. The first-order valence-corrected chi connectivity index (χ1v) is 13.0. The quantitative estimate of drug-likeness (QED) is 0.548. The minimum Gasteiger partial charge on any atom is -0.462 e. The summed E-state index contributed by atoms with van der Waals surface area (Å²) >= 11 is 0. The zero-order valence-electron chi connectivity index (χ0n) is 20.7. The number of hydrogen-bond acceptors (Lipinski definition) is 5. The molecule has 2 saturated carbocycles. The maximum Gasteiger partial charge on any atom is 0.407 e. The van der Waals surface area contributed by atoms with Crippen LogP contribution in [0.25, 0.3) is 17.2 Å². The molecule has 190 valence electrons. The normalized spacial score (nSPS) is 31.4. The first-order valence-electron chi connectivity index (χ1n) is 13.0. The molecule has 3 fully saturated rings. The summed E-state index contributed by atoms with van der Waals surface area (Å²) in [4.78, 5) is 29.2. The van der Waals surface area contributed by atoms with Gasteiger partial charge in [0.1, 0.15) is 11.9 Å². The number of nitrogens with zero attached hydrogens (tertiary/aromatic N) is 1. The fourth-order valence-corrected chi connectivity index (χ4v) is 6.64. The number of amides is 1. The Kier molecular flexibility index (Phi) is 7.08. The second-order valence-electron chi connectivity index (χ2n) is 10.3. The van der Waals surface area contributed by atoms with Crippen LogP contribution in [0.3, 0.4) is 0 Å². The Hall–Kier alpha value is -3.22. The predicted octanol–water partition coefficient (Wildman–Crippen LogP) is 5.63. The van der Waals surface area contributed by atoms with Crippen LogP contribution in [0, 0.1) is 35.4 Å². The Morgan fingerprint density at radius 1 is 1.22 bits per heavy atom. The third-order valence-corrected chi connectivity index (χ3v) is 8.18. The number of esters is 1. The molecule has 1 aliphatic heterocycles. The highest BCUT2D eigenvalue weighted by Gasteiger charge is 2.54. The molecule has 0 bridgehead atoms. The van der Waals surface area contributed by atoms with Crippen LogP contribution in [0.4, 0.5) is 9.18 Å². The summed E-state index contributed by atoms with van der Waals surface area (Å²) in [6.07, 6.45) is 9.07. The van der Waals surface area contributed by atoms with E-state index in [0.717, 1.165) is 42.5 Å². The van der Waals surface area contributed by atoms with Gasteiger partial charge in [-0.2, -0.15) is 0 Å². The number of aromatic nitrogens is 1. The van der Waals surface area contributed by atoms with Crippen molar-refractivity contribution >= 4 is 18.1 Å². The summed E-state index contributed by atoms with van der Waals surface area (Å²) < 4.78 is 24.3. The summed E-state index contributed by atoms with van der Waals surface area (Å²) in [5, 5.41) is 3.00. The molecule has 0 unspecified atom stereocenters. The highest BCUT2D eigenvalue weighted by atomic mass is 19.1. The minimum atomic E-state index is -0.368. The molecule has 2 aliphatic carbocycles. The standard InChI is InChI=1S/C29H33FN2O4/c1-3-35-29(34)32-23-10-11-24-20(14-23)15-26-27(17(2)36-28(26)33)25(24)12-9-22-8-7-19(16-31-22)18-5-4-6-21(30)13-18/h4-9,12-13,16-17,20,23-27H,3,10-11,14-15H2,1-2H3,(H,32,34)/t17-,20-,23+,24+,25-,26-,27+/m0/s1. The molecule has 1 amide bonds. The first-order chi connectivity index (χ1) is 17.4. The molecule has 1 saturated heterocycles. The molecule has 0 radical (unpaired) electrons. The summed E-state index contributed by atoms with van der Waals surface area (Å²) in [5.74, 6) is 0.629. The van der Waals surface area contributed by atoms with Crippen molar-refractivity contribution in [2.75, 3.05) is 6.61 Å². The summed E-state index contributed by atoms with van der Waals surface area (Å²) in [6, 6.07) is 10.4. The first kappa shape index (κ1) is 24.5. The van der Waals surface area contributed by atoms with Gasteiger partial charge in [-0.3, -0.25) is 9.78 Å². The number of hydrogen-bond donors (Lipinski definition) is 1. The second-order valence-corrected chi connectivity index (χ2v) is 10.3. The smallest absolute Gasteiger partial charge is 0.407 e. The summed E-state index contributed by atoms with van der Waals surface area (Å²) in [6.45, 7) is 4.15. The van der Waals surface area contributed by atoms with Crippen LogP contribution < -0.4 is 5.32 Å². The monoisotopic (exact) mass is 492 g/mol. The van der Waals surface area contributed by atoms with Crippen LogP contribution in [0.5, 0.6) is 0 Å². The number of benzene rings is 1. The lowest BCUT2D eigenvalue weighted by Gasteiger charge is -2.47. The molecule has 7 atom stereocenters. The molecule has 36 heavy (non-hydrogen) atoms. The van der Waals surface area contributed by atoms with E-state index in [2.05, 4.69) is 16.4 Å². The Bertz CT molecular complexity index is 1130. The van der Waals surface area contributed by atoms with Crippen molar-refractivity contribution in [1.82, 2.24) is 10.3 Å². The molecule has 1 aromatic heterocycles. The molecular weight excluding hydrogens is 459 g/mol. The van der Waals surface area contributed by atoms with Gasteiger partial charge in [0.2, 0.25) is 0 Å². The molecule has 6 nitrogen and oxygen atoms in total. The number of nitrogens with one attached hydrogen (secondary N) is 1. The number of halogens is 1. The van der Waals surface area contributed by atoms with Crippen LogP contribution >= 0.6 is 0 Å². The number of fused-ring (bicyclic) bond motifs is 2. The van der Waals surface area contributed by atoms with Crippen molar-refractivity contribution in [3.8, 4) is 11.1 Å². The maximum atomic E-state index is 13.6. The molecular formula is C29H33FN2O4. The van der Waals surface area contributed by atoms with Crippen LogP contribution in [0.15, 0.2) is 48.7 Å². The molecule has 5 rings (SSSR count). The van der Waals surface area contributed by atoms with Gasteiger partial charge in [-0.05, 0) is 87.1 Å². The van der Waals surface area contributed by atoms with Crippen molar-refractivity contribution in [1.29, 1.82) is 0 Å². The van der Waals surface area contributed by atoms with E-state index in [1.807, 2.05) is 31.2 Å². The number of pyridine rings is 1. The predicted molar refractivity (Wildman–Crippen MR) is 134 cm³/mol. The van der Waals surface area contributed by atoms with Crippen molar-refractivity contribution in [3.63, 3.8) is 0 Å². The van der Waals surface area contributed by atoms with E-state index in [4.69, 9.17) is 9.47 Å². The largest absolute Gasteiger partial charge is 0.462 e. The van der Waals surface area contributed by atoms with Gasteiger partial charge in [0.15, 0.2) is 0 Å². The van der Waals surface area contributed by atoms with E-state index in [1.165, 1.54) is 12.1 Å². The fraction of sp³-hybridized carbons (Fsp3) is 0.483. The summed E-state index contributed by atoms with van der Waals surface area (Å²) in [5.41, 5.74) is 2.48.